The van der Waals surface area contributed by atoms with Gasteiger partial charge in [-0.2, -0.15) is 0 Å². The minimum Gasteiger partial charge on any atom is -0.0922 e. The lowest BCUT2D eigenvalue weighted by atomic mass is 9.77. The molecule has 0 atom stereocenters. The van der Waals surface area contributed by atoms with Gasteiger partial charge in [-0.15, -0.1) is 0 Å². The van der Waals surface area contributed by atoms with Gasteiger partial charge in [0.05, 0.1) is 0 Å². The van der Waals surface area contributed by atoms with Crippen molar-refractivity contribution in [2.45, 2.75) is 65.7 Å². The summed E-state index contributed by atoms with van der Waals surface area (Å²) in [6, 6.07) is 0. The van der Waals surface area contributed by atoms with Crippen LogP contribution in [-0.2, 0) is 0 Å². The fourth-order valence-electron chi connectivity index (χ4n) is 2.02. The second-order valence-electron chi connectivity index (χ2n) is 5.30. The Hall–Kier alpha value is 0.960. The summed E-state index contributed by atoms with van der Waals surface area (Å²) >= 11 is 7.40. The number of unbranched alkanes of at least 4 members (excludes halogenated alkanes) is 5. The topological polar surface area (TPSA) is 0 Å². The van der Waals surface area contributed by atoms with Crippen molar-refractivity contribution in [3.05, 3.63) is 0 Å². The molecule has 0 radical (unpaired) electrons. The first-order valence-electron chi connectivity index (χ1n) is 6.75. The van der Waals surface area contributed by atoms with Crippen LogP contribution < -0.4 is 0 Å². The Kier molecular flexibility index (Phi) is 10.5. The molecule has 0 aliphatic rings. The van der Waals surface area contributed by atoms with Crippen LogP contribution in [0.1, 0.15) is 65.7 Å². The molecule has 0 aliphatic carbocycles. The second-order valence-corrected chi connectivity index (χ2v) is 6.42. The number of hydrogen-bond acceptors (Lipinski definition) is 0. The molecule has 0 saturated carbocycles. The van der Waals surface area contributed by atoms with E-state index in [0.29, 0.717) is 5.41 Å². The van der Waals surface area contributed by atoms with Crippen LogP contribution in [0.5, 0.6) is 0 Å². The predicted octanol–water partition coefficient (Wildman–Crippen LogP) is 6.17. The van der Waals surface area contributed by atoms with E-state index in [0.717, 1.165) is 16.6 Å². The summed E-state index contributed by atoms with van der Waals surface area (Å²) in [4.78, 5) is 0. The Morgan fingerprint density at radius 3 is 1.81 bits per heavy atom. The highest BCUT2D eigenvalue weighted by atomic mass is 79.9. The van der Waals surface area contributed by atoms with Gasteiger partial charge in [0.1, 0.15) is 0 Å². The zero-order valence-electron chi connectivity index (χ0n) is 11.2. The predicted molar refractivity (Wildman–Crippen MR) is 82.9 cm³/mol. The minimum absolute atomic E-state index is 0.463. The van der Waals surface area contributed by atoms with Crippen LogP contribution in [0.2, 0.25) is 0 Å². The minimum atomic E-state index is 0.463. The van der Waals surface area contributed by atoms with E-state index in [2.05, 4.69) is 52.6 Å². The van der Waals surface area contributed by atoms with Gasteiger partial charge in [-0.05, 0) is 17.8 Å². The Labute approximate surface area is 119 Å². The molecule has 0 bridgehead atoms. The summed E-state index contributed by atoms with van der Waals surface area (Å²) in [6.45, 7) is 6.97. The zero-order valence-corrected chi connectivity index (χ0v) is 14.4. The molecule has 2 heteroatoms. The molecule has 98 valence electrons. The Bertz CT molecular complexity index is 151. The fraction of sp³-hybridized carbons (Fsp3) is 1.00. The first kappa shape index (κ1) is 17.0. The SMILES string of the molecule is CCCCCCCCC(CBr)(CBr)C(C)C. The van der Waals surface area contributed by atoms with Crippen LogP contribution in [0, 0.1) is 11.3 Å². The molecule has 0 rings (SSSR count). The second kappa shape index (κ2) is 9.94. The van der Waals surface area contributed by atoms with Crippen LogP contribution in [-0.4, -0.2) is 10.7 Å². The van der Waals surface area contributed by atoms with Gasteiger partial charge in [-0.25, -0.2) is 0 Å². The summed E-state index contributed by atoms with van der Waals surface area (Å²) in [7, 11) is 0. The maximum Gasteiger partial charge on any atom is 0.00984 e. The molecule has 0 unspecified atom stereocenters. The monoisotopic (exact) mass is 354 g/mol. The summed E-state index contributed by atoms with van der Waals surface area (Å²) in [6.07, 6.45) is 9.76. The van der Waals surface area contributed by atoms with E-state index in [9.17, 15) is 0 Å². The molecule has 0 aromatic heterocycles. The molecule has 0 aliphatic heterocycles. The summed E-state index contributed by atoms with van der Waals surface area (Å²) in [5.41, 5.74) is 0.463. The molecule has 0 aromatic rings. The molecule has 0 N–H and O–H groups in total. The molecule has 0 nitrogen and oxygen atoms in total. The van der Waals surface area contributed by atoms with Crippen LogP contribution in [0.15, 0.2) is 0 Å². The van der Waals surface area contributed by atoms with Crippen molar-refractivity contribution < 1.29 is 0 Å². The lowest BCUT2D eigenvalue weighted by Crippen LogP contribution is -2.31. The van der Waals surface area contributed by atoms with E-state index in [1.807, 2.05) is 0 Å². The van der Waals surface area contributed by atoms with E-state index in [1.165, 1.54) is 44.9 Å². The molecule has 0 heterocycles. The molecule has 0 saturated heterocycles. The van der Waals surface area contributed by atoms with Crippen molar-refractivity contribution >= 4 is 31.9 Å². The average molecular weight is 356 g/mol. The molecule has 0 amide bonds. The first-order chi connectivity index (χ1) is 7.63. The maximum absolute atomic E-state index is 3.70. The molecule has 0 fully saturated rings. The van der Waals surface area contributed by atoms with Crippen molar-refractivity contribution in [1.29, 1.82) is 0 Å². The lowest BCUT2D eigenvalue weighted by molar-refractivity contribution is 0.239. The molecule has 0 spiro atoms. The Balaban J connectivity index is 3.77. The van der Waals surface area contributed by atoms with Gasteiger partial charge >= 0.3 is 0 Å². The van der Waals surface area contributed by atoms with Gasteiger partial charge in [0.25, 0.3) is 0 Å². The summed E-state index contributed by atoms with van der Waals surface area (Å²) in [5.74, 6) is 0.752. The zero-order chi connectivity index (χ0) is 12.4. The largest absolute Gasteiger partial charge is 0.0922 e. The molecule has 16 heavy (non-hydrogen) atoms. The van der Waals surface area contributed by atoms with Crippen LogP contribution in [0.4, 0.5) is 0 Å². The van der Waals surface area contributed by atoms with E-state index in [4.69, 9.17) is 0 Å². The number of hydrogen-bond donors (Lipinski definition) is 0. The average Bonchev–Trinajstić information content (AvgIpc) is 2.28. The van der Waals surface area contributed by atoms with Gasteiger partial charge in [-0.3, -0.25) is 0 Å². The summed E-state index contributed by atoms with van der Waals surface area (Å²) in [5, 5.41) is 2.25. The van der Waals surface area contributed by atoms with Crippen molar-refractivity contribution in [2.24, 2.45) is 11.3 Å². The number of alkyl halides is 2. The standard InChI is InChI=1S/C14H28Br2/c1-4-5-6-7-8-9-10-14(11-15,12-16)13(2)3/h13H,4-12H2,1-3H3. The van der Waals surface area contributed by atoms with Gasteiger partial charge in [0.2, 0.25) is 0 Å². The fourth-order valence-corrected chi connectivity index (χ4v) is 4.81. The van der Waals surface area contributed by atoms with E-state index >= 15 is 0 Å². The lowest BCUT2D eigenvalue weighted by Gasteiger charge is -2.34. The molecular weight excluding hydrogens is 328 g/mol. The molecular formula is C14H28Br2. The third-order valence-electron chi connectivity index (χ3n) is 3.79. The molecule has 0 aromatic carbocycles. The number of rotatable bonds is 10. The van der Waals surface area contributed by atoms with Crippen molar-refractivity contribution in [1.82, 2.24) is 0 Å². The van der Waals surface area contributed by atoms with E-state index < -0.39 is 0 Å². The quantitative estimate of drug-likeness (QED) is 0.324. The highest BCUT2D eigenvalue weighted by Crippen LogP contribution is 2.37. The summed E-state index contributed by atoms with van der Waals surface area (Å²) < 4.78 is 0. The normalized spacial score (nSPS) is 12.4. The third-order valence-corrected chi connectivity index (χ3v) is 6.02. The number of halogens is 2. The Morgan fingerprint density at radius 1 is 0.875 bits per heavy atom. The smallest absolute Gasteiger partial charge is 0.00984 e. The highest BCUT2D eigenvalue weighted by molar-refractivity contribution is 9.09. The third kappa shape index (κ3) is 6.05. The van der Waals surface area contributed by atoms with Crippen molar-refractivity contribution in [3.63, 3.8) is 0 Å². The van der Waals surface area contributed by atoms with Gasteiger partial charge in [-0.1, -0.05) is 91.2 Å². The van der Waals surface area contributed by atoms with Crippen molar-refractivity contribution in [2.75, 3.05) is 10.7 Å². The van der Waals surface area contributed by atoms with Crippen molar-refractivity contribution in [3.8, 4) is 0 Å². The first-order valence-corrected chi connectivity index (χ1v) is 8.99. The highest BCUT2D eigenvalue weighted by Gasteiger charge is 2.30. The van der Waals surface area contributed by atoms with Crippen LogP contribution in [0.3, 0.4) is 0 Å². The van der Waals surface area contributed by atoms with Gasteiger partial charge in [0, 0.05) is 10.7 Å². The maximum atomic E-state index is 3.70. The van der Waals surface area contributed by atoms with Crippen LogP contribution >= 0.6 is 31.9 Å². The van der Waals surface area contributed by atoms with E-state index in [-0.39, 0.29) is 0 Å². The Morgan fingerprint density at radius 2 is 1.38 bits per heavy atom. The van der Waals surface area contributed by atoms with Gasteiger partial charge < -0.3 is 0 Å². The van der Waals surface area contributed by atoms with Gasteiger partial charge in [0.15, 0.2) is 0 Å². The van der Waals surface area contributed by atoms with Crippen LogP contribution in [0.25, 0.3) is 0 Å². The van der Waals surface area contributed by atoms with E-state index in [1.54, 1.807) is 0 Å².